The van der Waals surface area contributed by atoms with Gasteiger partial charge in [-0.05, 0) is 32.0 Å². The van der Waals surface area contributed by atoms with Crippen molar-refractivity contribution in [3.05, 3.63) is 30.1 Å². The lowest BCUT2D eigenvalue weighted by molar-refractivity contribution is 0.208. The molecule has 3 N–H and O–H groups in total. The molecular formula is C13H20FN3. The summed E-state index contributed by atoms with van der Waals surface area (Å²) >= 11 is 0. The third-order valence-corrected chi connectivity index (χ3v) is 3.61. The standard InChI is InChI=1S/C13H20FN3/c1-17-8-6-13(10-15,7-9-17)16-12-5-3-2-4-11(12)14/h2-5,16H,6-10,15H2,1H3. The largest absolute Gasteiger partial charge is 0.376 e. The minimum absolute atomic E-state index is 0.158. The van der Waals surface area contributed by atoms with Crippen LogP contribution in [0.2, 0.25) is 0 Å². The molecular weight excluding hydrogens is 217 g/mol. The average molecular weight is 237 g/mol. The number of benzene rings is 1. The third kappa shape index (κ3) is 2.76. The second kappa shape index (κ2) is 5.02. The lowest BCUT2D eigenvalue weighted by Crippen LogP contribution is -2.53. The Morgan fingerprint density at radius 1 is 1.35 bits per heavy atom. The number of nitrogens with one attached hydrogen (secondary N) is 1. The van der Waals surface area contributed by atoms with Crippen LogP contribution in [0.25, 0.3) is 0 Å². The molecule has 1 heterocycles. The first-order valence-corrected chi connectivity index (χ1v) is 6.06. The Morgan fingerprint density at radius 3 is 2.59 bits per heavy atom. The molecule has 0 radical (unpaired) electrons. The van der Waals surface area contributed by atoms with Gasteiger partial charge in [0, 0.05) is 19.6 Å². The van der Waals surface area contributed by atoms with Crippen LogP contribution in [0, 0.1) is 5.82 Å². The maximum Gasteiger partial charge on any atom is 0.146 e. The highest BCUT2D eigenvalue weighted by atomic mass is 19.1. The summed E-state index contributed by atoms with van der Waals surface area (Å²) in [4.78, 5) is 2.27. The Morgan fingerprint density at radius 2 is 2.00 bits per heavy atom. The number of para-hydroxylation sites is 1. The fourth-order valence-electron chi connectivity index (χ4n) is 2.27. The van der Waals surface area contributed by atoms with Crippen molar-refractivity contribution < 1.29 is 4.39 Å². The Bertz CT molecular complexity index is 373. The van der Waals surface area contributed by atoms with Crippen LogP contribution in [-0.2, 0) is 0 Å². The first-order valence-electron chi connectivity index (χ1n) is 6.06. The van der Waals surface area contributed by atoms with Gasteiger partial charge in [-0.25, -0.2) is 4.39 Å². The molecule has 0 aromatic heterocycles. The fraction of sp³-hybridized carbons (Fsp3) is 0.538. The van der Waals surface area contributed by atoms with Gasteiger partial charge in [0.15, 0.2) is 0 Å². The average Bonchev–Trinajstić information content (AvgIpc) is 2.35. The van der Waals surface area contributed by atoms with E-state index in [1.165, 1.54) is 6.07 Å². The van der Waals surface area contributed by atoms with E-state index in [0.717, 1.165) is 25.9 Å². The molecule has 0 atom stereocenters. The zero-order chi connectivity index (χ0) is 12.3. The van der Waals surface area contributed by atoms with Gasteiger partial charge >= 0.3 is 0 Å². The molecule has 1 fully saturated rings. The van der Waals surface area contributed by atoms with E-state index in [2.05, 4.69) is 17.3 Å². The first-order chi connectivity index (χ1) is 8.15. The molecule has 0 bridgehead atoms. The van der Waals surface area contributed by atoms with Crippen molar-refractivity contribution in [1.29, 1.82) is 0 Å². The molecule has 1 aromatic carbocycles. The van der Waals surface area contributed by atoms with E-state index in [-0.39, 0.29) is 11.4 Å². The predicted octanol–water partition coefficient (Wildman–Crippen LogP) is 1.66. The predicted molar refractivity (Wildman–Crippen MR) is 68.5 cm³/mol. The van der Waals surface area contributed by atoms with Gasteiger partial charge < -0.3 is 16.0 Å². The van der Waals surface area contributed by atoms with Crippen LogP contribution in [-0.4, -0.2) is 37.1 Å². The molecule has 3 nitrogen and oxygen atoms in total. The Kier molecular flexibility index (Phi) is 3.64. The van der Waals surface area contributed by atoms with Crippen molar-refractivity contribution in [2.24, 2.45) is 5.73 Å². The molecule has 17 heavy (non-hydrogen) atoms. The minimum atomic E-state index is -0.209. The summed E-state index contributed by atoms with van der Waals surface area (Å²) in [6, 6.07) is 6.78. The van der Waals surface area contributed by atoms with Gasteiger partial charge in [0.1, 0.15) is 5.82 Å². The van der Waals surface area contributed by atoms with Crippen molar-refractivity contribution in [2.45, 2.75) is 18.4 Å². The topological polar surface area (TPSA) is 41.3 Å². The molecule has 1 saturated heterocycles. The van der Waals surface area contributed by atoms with Crippen LogP contribution in [0.5, 0.6) is 0 Å². The summed E-state index contributed by atoms with van der Waals surface area (Å²) in [5, 5.41) is 3.31. The lowest BCUT2D eigenvalue weighted by Gasteiger charge is -2.41. The van der Waals surface area contributed by atoms with E-state index in [1.807, 2.05) is 6.07 Å². The SMILES string of the molecule is CN1CCC(CN)(Nc2ccccc2F)CC1. The molecule has 1 aromatic rings. The summed E-state index contributed by atoms with van der Waals surface area (Å²) in [6.07, 6.45) is 1.91. The molecule has 1 aliphatic rings. The highest BCUT2D eigenvalue weighted by Gasteiger charge is 2.32. The van der Waals surface area contributed by atoms with Crippen LogP contribution in [0.15, 0.2) is 24.3 Å². The quantitative estimate of drug-likeness (QED) is 0.840. The zero-order valence-electron chi connectivity index (χ0n) is 10.2. The van der Waals surface area contributed by atoms with Crippen molar-refractivity contribution in [3.63, 3.8) is 0 Å². The van der Waals surface area contributed by atoms with E-state index in [0.29, 0.717) is 12.2 Å². The van der Waals surface area contributed by atoms with Gasteiger partial charge in [-0.3, -0.25) is 0 Å². The van der Waals surface area contributed by atoms with E-state index in [1.54, 1.807) is 12.1 Å². The maximum atomic E-state index is 13.6. The maximum absolute atomic E-state index is 13.6. The summed E-state index contributed by atoms with van der Waals surface area (Å²) in [6.45, 7) is 2.53. The van der Waals surface area contributed by atoms with E-state index in [9.17, 15) is 4.39 Å². The number of anilines is 1. The van der Waals surface area contributed by atoms with Gasteiger partial charge in [-0.1, -0.05) is 12.1 Å². The highest BCUT2D eigenvalue weighted by molar-refractivity contribution is 5.47. The number of rotatable bonds is 3. The summed E-state index contributed by atoms with van der Waals surface area (Å²) < 4.78 is 13.6. The Balaban J connectivity index is 2.12. The molecule has 0 aliphatic carbocycles. The molecule has 2 rings (SSSR count). The Hall–Kier alpha value is -1.13. The third-order valence-electron chi connectivity index (χ3n) is 3.61. The highest BCUT2D eigenvalue weighted by Crippen LogP contribution is 2.26. The molecule has 0 unspecified atom stereocenters. The Labute approximate surface area is 102 Å². The number of piperidine rings is 1. The van der Waals surface area contributed by atoms with E-state index < -0.39 is 0 Å². The van der Waals surface area contributed by atoms with Crippen molar-refractivity contribution in [1.82, 2.24) is 4.90 Å². The van der Waals surface area contributed by atoms with Crippen LogP contribution < -0.4 is 11.1 Å². The van der Waals surface area contributed by atoms with E-state index >= 15 is 0 Å². The van der Waals surface area contributed by atoms with Crippen molar-refractivity contribution >= 4 is 5.69 Å². The number of nitrogens with zero attached hydrogens (tertiary/aromatic N) is 1. The van der Waals surface area contributed by atoms with E-state index in [4.69, 9.17) is 5.73 Å². The monoisotopic (exact) mass is 237 g/mol. The minimum Gasteiger partial charge on any atom is -0.376 e. The summed E-state index contributed by atoms with van der Waals surface area (Å²) in [7, 11) is 2.10. The van der Waals surface area contributed by atoms with Crippen LogP contribution in [0.1, 0.15) is 12.8 Å². The molecule has 0 spiro atoms. The van der Waals surface area contributed by atoms with Crippen LogP contribution in [0.4, 0.5) is 10.1 Å². The molecule has 4 heteroatoms. The molecule has 0 amide bonds. The molecule has 0 saturated carbocycles. The fourth-order valence-corrected chi connectivity index (χ4v) is 2.27. The first kappa shape index (κ1) is 12.3. The number of hydrogen-bond acceptors (Lipinski definition) is 3. The second-order valence-electron chi connectivity index (χ2n) is 4.89. The van der Waals surface area contributed by atoms with Crippen molar-refractivity contribution in [2.75, 3.05) is 32.0 Å². The smallest absolute Gasteiger partial charge is 0.146 e. The van der Waals surface area contributed by atoms with Crippen LogP contribution in [0.3, 0.4) is 0 Å². The molecule has 94 valence electrons. The molecule has 1 aliphatic heterocycles. The number of likely N-dealkylation sites (tertiary alicyclic amines) is 1. The zero-order valence-corrected chi connectivity index (χ0v) is 10.2. The number of halogens is 1. The number of hydrogen-bond donors (Lipinski definition) is 2. The summed E-state index contributed by atoms with van der Waals surface area (Å²) in [5.74, 6) is -0.209. The normalized spacial score (nSPS) is 20.2. The van der Waals surface area contributed by atoms with Gasteiger partial charge in [0.25, 0.3) is 0 Å². The van der Waals surface area contributed by atoms with Gasteiger partial charge in [0.2, 0.25) is 0 Å². The second-order valence-corrected chi connectivity index (χ2v) is 4.89. The lowest BCUT2D eigenvalue weighted by atomic mass is 9.87. The van der Waals surface area contributed by atoms with Crippen LogP contribution >= 0.6 is 0 Å². The van der Waals surface area contributed by atoms with Gasteiger partial charge in [0.05, 0.1) is 11.2 Å². The summed E-state index contributed by atoms with van der Waals surface area (Å²) in [5.41, 5.74) is 6.28. The number of nitrogens with two attached hydrogens (primary N) is 1. The van der Waals surface area contributed by atoms with Gasteiger partial charge in [-0.15, -0.1) is 0 Å². The van der Waals surface area contributed by atoms with Gasteiger partial charge in [-0.2, -0.15) is 0 Å². The van der Waals surface area contributed by atoms with Crippen molar-refractivity contribution in [3.8, 4) is 0 Å².